The third kappa shape index (κ3) is 3.66. The zero-order valence-electron chi connectivity index (χ0n) is 15.1. The smallest absolute Gasteiger partial charge is 0.326 e. The molecule has 0 atom stereocenters. The lowest BCUT2D eigenvalue weighted by atomic mass is 10.0. The predicted octanol–water partition coefficient (Wildman–Crippen LogP) is 2.90. The van der Waals surface area contributed by atoms with E-state index in [1.165, 1.54) is 11.6 Å². The Bertz CT molecular complexity index is 1140. The number of nitrogens with zero attached hydrogens (tertiary/aromatic N) is 1. The van der Waals surface area contributed by atoms with Crippen LogP contribution < -0.4 is 9.03 Å². The molecule has 3 aromatic carbocycles. The number of carbonyl (C=O) groups is 1. The number of fused-ring (bicyclic) bond motifs is 1. The molecule has 0 unspecified atom stereocenters. The van der Waals surface area contributed by atoms with Crippen molar-refractivity contribution in [3.8, 4) is 5.75 Å². The van der Waals surface area contributed by atoms with Gasteiger partial charge in [0.1, 0.15) is 12.3 Å². The molecule has 0 bridgehead atoms. The van der Waals surface area contributed by atoms with E-state index in [4.69, 9.17) is 0 Å². The molecule has 0 aromatic heterocycles. The average molecular weight is 396 g/mol. The van der Waals surface area contributed by atoms with E-state index in [-0.39, 0.29) is 18.0 Å². The average Bonchev–Trinajstić information content (AvgIpc) is 2.94. The van der Waals surface area contributed by atoms with E-state index in [2.05, 4.69) is 12.1 Å². The Morgan fingerprint density at radius 1 is 0.929 bits per heavy atom. The number of phenols is 1. The summed E-state index contributed by atoms with van der Waals surface area (Å²) in [6.07, 6.45) is 2.88. The van der Waals surface area contributed by atoms with Gasteiger partial charge in [0.2, 0.25) is 0 Å². The summed E-state index contributed by atoms with van der Waals surface area (Å²) in [6.45, 7) is -0.335. The van der Waals surface area contributed by atoms with Gasteiger partial charge in [-0.2, -0.15) is 8.42 Å². The molecule has 1 aliphatic heterocycles. The van der Waals surface area contributed by atoms with Gasteiger partial charge in [0.15, 0.2) is 0 Å². The molecule has 1 heterocycles. The normalized spacial score (nSPS) is 15.7. The Hall–Kier alpha value is -3.06. The molecule has 7 heteroatoms. The van der Waals surface area contributed by atoms with Gasteiger partial charge in [-0.15, -0.1) is 0 Å². The summed E-state index contributed by atoms with van der Waals surface area (Å²) in [7, 11) is -3.96. The first-order valence-electron chi connectivity index (χ1n) is 9.05. The number of nitrogens with one attached hydrogen (secondary N) is 1. The minimum absolute atomic E-state index is 0.104. The van der Waals surface area contributed by atoms with E-state index in [0.29, 0.717) is 0 Å². The first kappa shape index (κ1) is 18.3. The molecular weight excluding hydrogens is 376 g/mol. The standard InChI is InChI=1S/C21H20N2O4S/c24-20-13-17-10-9-16(8-4-7-15-5-2-1-3-6-15)11-18(17)12-19(20)23-14-21(25)22-28(23,26)27/h1-3,5-6,9-13,24H,4,7-8,14H2,(H,22,25). The third-order valence-electron chi connectivity index (χ3n) is 4.86. The van der Waals surface area contributed by atoms with Gasteiger partial charge in [-0.1, -0.05) is 48.5 Å². The molecule has 2 N–H and O–H groups in total. The first-order chi connectivity index (χ1) is 13.4. The largest absolute Gasteiger partial charge is 0.506 e. The summed E-state index contributed by atoms with van der Waals surface area (Å²) in [4.78, 5) is 11.5. The second-order valence-electron chi connectivity index (χ2n) is 6.90. The zero-order valence-corrected chi connectivity index (χ0v) is 15.9. The van der Waals surface area contributed by atoms with Crippen LogP contribution in [-0.4, -0.2) is 26.0 Å². The van der Waals surface area contributed by atoms with E-state index >= 15 is 0 Å². The molecular formula is C21H20N2O4S. The molecule has 144 valence electrons. The van der Waals surface area contributed by atoms with Crippen LogP contribution in [0.4, 0.5) is 5.69 Å². The minimum Gasteiger partial charge on any atom is -0.506 e. The number of benzene rings is 3. The van der Waals surface area contributed by atoms with Crippen LogP contribution in [0.5, 0.6) is 5.75 Å². The van der Waals surface area contributed by atoms with Gasteiger partial charge >= 0.3 is 10.2 Å². The Morgan fingerprint density at radius 2 is 1.68 bits per heavy atom. The Kier molecular flexibility index (Phi) is 4.68. The van der Waals surface area contributed by atoms with Crippen molar-refractivity contribution in [2.45, 2.75) is 19.3 Å². The highest BCUT2D eigenvalue weighted by atomic mass is 32.2. The van der Waals surface area contributed by atoms with Crippen LogP contribution in [0.2, 0.25) is 0 Å². The highest BCUT2D eigenvalue weighted by Crippen LogP contribution is 2.35. The van der Waals surface area contributed by atoms with E-state index in [1.54, 1.807) is 6.07 Å². The monoisotopic (exact) mass is 396 g/mol. The van der Waals surface area contributed by atoms with Crippen LogP contribution in [0, 0.1) is 0 Å². The summed E-state index contributed by atoms with van der Waals surface area (Å²) in [5.74, 6) is -0.793. The molecule has 0 aliphatic carbocycles. The SMILES string of the molecule is O=C1CN(c2cc3cc(CCCc4ccccc4)ccc3cc2O)S(=O)(=O)N1. The number of aromatic hydroxyl groups is 1. The van der Waals surface area contributed by atoms with Crippen LogP contribution in [0.1, 0.15) is 17.5 Å². The molecule has 1 fully saturated rings. The fourth-order valence-electron chi connectivity index (χ4n) is 3.48. The molecule has 28 heavy (non-hydrogen) atoms. The second-order valence-corrected chi connectivity index (χ2v) is 8.49. The van der Waals surface area contributed by atoms with Crippen LogP contribution in [0.25, 0.3) is 10.8 Å². The number of aryl methyl sites for hydroxylation is 2. The Morgan fingerprint density at radius 3 is 2.39 bits per heavy atom. The maximum Gasteiger partial charge on any atom is 0.326 e. The second kappa shape index (κ2) is 7.16. The summed E-state index contributed by atoms with van der Waals surface area (Å²) >= 11 is 0. The minimum atomic E-state index is -3.96. The number of rotatable bonds is 5. The molecule has 1 saturated heterocycles. The summed E-state index contributed by atoms with van der Waals surface area (Å²) < 4.78 is 27.0. The Labute approximate surface area is 163 Å². The van der Waals surface area contributed by atoms with Gasteiger partial charge < -0.3 is 5.11 Å². The van der Waals surface area contributed by atoms with Crippen LogP contribution >= 0.6 is 0 Å². The van der Waals surface area contributed by atoms with Crippen molar-refractivity contribution in [1.29, 1.82) is 0 Å². The van der Waals surface area contributed by atoms with Crippen molar-refractivity contribution in [3.05, 3.63) is 71.8 Å². The number of hydrogen-bond acceptors (Lipinski definition) is 4. The van der Waals surface area contributed by atoms with Crippen LogP contribution in [-0.2, 0) is 27.8 Å². The molecule has 4 rings (SSSR count). The van der Waals surface area contributed by atoms with Gasteiger partial charge in [0, 0.05) is 0 Å². The summed E-state index contributed by atoms with van der Waals surface area (Å²) in [5.41, 5.74) is 2.54. The van der Waals surface area contributed by atoms with Crippen LogP contribution in [0.15, 0.2) is 60.7 Å². The van der Waals surface area contributed by atoms with E-state index in [0.717, 1.165) is 39.9 Å². The maximum absolute atomic E-state index is 12.1. The van der Waals surface area contributed by atoms with E-state index < -0.39 is 16.1 Å². The molecule has 6 nitrogen and oxygen atoms in total. The van der Waals surface area contributed by atoms with E-state index in [1.807, 2.05) is 41.1 Å². The number of hydrogen-bond donors (Lipinski definition) is 2. The fraction of sp³-hybridized carbons (Fsp3) is 0.190. The highest BCUT2D eigenvalue weighted by Gasteiger charge is 2.35. The van der Waals surface area contributed by atoms with E-state index in [9.17, 15) is 18.3 Å². The molecule has 0 spiro atoms. The first-order valence-corrected chi connectivity index (χ1v) is 10.5. The van der Waals surface area contributed by atoms with Gasteiger partial charge in [-0.3, -0.25) is 4.79 Å². The molecule has 3 aromatic rings. The van der Waals surface area contributed by atoms with Gasteiger partial charge in [-0.25, -0.2) is 9.03 Å². The Balaban J connectivity index is 1.58. The summed E-state index contributed by atoms with van der Waals surface area (Å²) in [5, 5.41) is 11.9. The molecule has 1 amide bonds. The van der Waals surface area contributed by atoms with Crippen LogP contribution in [0.3, 0.4) is 0 Å². The van der Waals surface area contributed by atoms with Gasteiger partial charge in [0.25, 0.3) is 5.91 Å². The zero-order chi connectivity index (χ0) is 19.7. The third-order valence-corrected chi connectivity index (χ3v) is 6.25. The topological polar surface area (TPSA) is 86.7 Å². The van der Waals surface area contributed by atoms with Gasteiger partial charge in [-0.05, 0) is 53.3 Å². The summed E-state index contributed by atoms with van der Waals surface area (Å²) in [6, 6.07) is 19.4. The molecule has 0 saturated carbocycles. The number of anilines is 1. The fourth-order valence-corrected chi connectivity index (χ4v) is 4.64. The van der Waals surface area contributed by atoms with Crippen molar-refractivity contribution in [2.24, 2.45) is 0 Å². The quantitative estimate of drug-likeness (QED) is 0.694. The van der Waals surface area contributed by atoms with Crippen molar-refractivity contribution in [3.63, 3.8) is 0 Å². The highest BCUT2D eigenvalue weighted by molar-refractivity contribution is 7.92. The number of amides is 1. The lowest BCUT2D eigenvalue weighted by molar-refractivity contribution is -0.117. The lowest BCUT2D eigenvalue weighted by Gasteiger charge is -2.17. The van der Waals surface area contributed by atoms with Gasteiger partial charge in [0.05, 0.1) is 5.69 Å². The predicted molar refractivity (Wildman–Crippen MR) is 108 cm³/mol. The maximum atomic E-state index is 12.1. The number of phenolic OH excluding ortho intramolecular Hbond substituents is 1. The molecule has 0 radical (unpaired) electrons. The lowest BCUT2D eigenvalue weighted by Crippen LogP contribution is -2.29. The van der Waals surface area contributed by atoms with Crippen molar-refractivity contribution < 1.29 is 18.3 Å². The molecule has 1 aliphatic rings. The van der Waals surface area contributed by atoms with Crippen molar-refractivity contribution >= 4 is 32.6 Å². The van der Waals surface area contributed by atoms with Crippen molar-refractivity contribution in [2.75, 3.05) is 10.8 Å². The number of carbonyl (C=O) groups excluding carboxylic acids is 1. The van der Waals surface area contributed by atoms with Crippen molar-refractivity contribution in [1.82, 2.24) is 4.72 Å².